The molecule has 0 saturated heterocycles. The smallest absolute Gasteiger partial charge is 0.146 e. The summed E-state index contributed by atoms with van der Waals surface area (Å²) in [5.41, 5.74) is -0.530. The monoisotopic (exact) mass is 180 g/mol. The van der Waals surface area contributed by atoms with Crippen molar-refractivity contribution in [3.05, 3.63) is 0 Å². The summed E-state index contributed by atoms with van der Waals surface area (Å²) in [4.78, 5) is 23.6. The summed E-state index contributed by atoms with van der Waals surface area (Å²) < 4.78 is 0. The molecule has 2 saturated carbocycles. The van der Waals surface area contributed by atoms with Crippen LogP contribution >= 0.6 is 0 Å². The van der Waals surface area contributed by atoms with Gasteiger partial charge in [-0.05, 0) is 25.2 Å². The normalized spacial score (nSPS) is 40.2. The van der Waals surface area contributed by atoms with Crippen molar-refractivity contribution < 1.29 is 9.59 Å². The van der Waals surface area contributed by atoms with Crippen LogP contribution in [0.4, 0.5) is 0 Å². The Morgan fingerprint density at radius 2 is 1.85 bits per heavy atom. The van der Waals surface area contributed by atoms with Crippen molar-refractivity contribution in [2.24, 2.45) is 11.3 Å². The van der Waals surface area contributed by atoms with Crippen molar-refractivity contribution in [2.45, 2.75) is 45.4 Å². The lowest BCUT2D eigenvalue weighted by Gasteiger charge is -2.34. The standard InChI is InChI=1S/C11H16O2/c1-8-5-6-10(13)11(8)7-3-2-4-9(11)12/h8H,2-7H2,1H3. The Kier molecular flexibility index (Phi) is 2.01. The second kappa shape index (κ2) is 2.93. The van der Waals surface area contributed by atoms with Gasteiger partial charge in [0.15, 0.2) is 0 Å². The first kappa shape index (κ1) is 8.92. The van der Waals surface area contributed by atoms with Crippen LogP contribution in [-0.2, 0) is 9.59 Å². The van der Waals surface area contributed by atoms with Crippen LogP contribution in [0.5, 0.6) is 0 Å². The van der Waals surface area contributed by atoms with E-state index in [1.807, 2.05) is 0 Å². The highest BCUT2D eigenvalue weighted by atomic mass is 16.2. The number of carbonyl (C=O) groups excluding carboxylic acids is 2. The van der Waals surface area contributed by atoms with Crippen LogP contribution in [0.25, 0.3) is 0 Å². The predicted molar refractivity (Wildman–Crippen MR) is 49.3 cm³/mol. The highest BCUT2D eigenvalue weighted by molar-refractivity contribution is 6.09. The molecule has 72 valence electrons. The minimum Gasteiger partial charge on any atom is -0.299 e. The van der Waals surface area contributed by atoms with Crippen molar-refractivity contribution >= 4 is 11.6 Å². The predicted octanol–water partition coefficient (Wildman–Crippen LogP) is 2.11. The SMILES string of the molecule is CC1CCC(=O)C12CCCCC2=O. The fourth-order valence-corrected chi connectivity index (χ4v) is 2.96. The Morgan fingerprint density at radius 3 is 2.38 bits per heavy atom. The zero-order valence-corrected chi connectivity index (χ0v) is 8.14. The number of hydrogen-bond donors (Lipinski definition) is 0. The Bertz CT molecular complexity index is 257. The second-order valence-electron chi connectivity index (χ2n) is 4.46. The van der Waals surface area contributed by atoms with E-state index >= 15 is 0 Å². The summed E-state index contributed by atoms with van der Waals surface area (Å²) in [5, 5.41) is 0. The van der Waals surface area contributed by atoms with Gasteiger partial charge in [0.25, 0.3) is 0 Å². The molecule has 2 aliphatic rings. The Hall–Kier alpha value is -0.660. The van der Waals surface area contributed by atoms with Crippen LogP contribution in [0.1, 0.15) is 45.4 Å². The average molecular weight is 180 g/mol. The summed E-state index contributed by atoms with van der Waals surface area (Å²) in [6.07, 6.45) is 5.06. The minimum atomic E-state index is -0.530. The molecule has 0 radical (unpaired) electrons. The van der Waals surface area contributed by atoms with Gasteiger partial charge < -0.3 is 0 Å². The Balaban J connectivity index is 2.34. The molecular weight excluding hydrogens is 164 g/mol. The molecule has 13 heavy (non-hydrogen) atoms. The number of hydrogen-bond acceptors (Lipinski definition) is 2. The summed E-state index contributed by atoms with van der Waals surface area (Å²) in [6, 6.07) is 0. The lowest BCUT2D eigenvalue weighted by molar-refractivity contribution is -0.143. The van der Waals surface area contributed by atoms with Crippen LogP contribution in [0.15, 0.2) is 0 Å². The zero-order valence-electron chi connectivity index (χ0n) is 8.14. The van der Waals surface area contributed by atoms with Crippen LogP contribution < -0.4 is 0 Å². The van der Waals surface area contributed by atoms with Gasteiger partial charge >= 0.3 is 0 Å². The van der Waals surface area contributed by atoms with E-state index in [-0.39, 0.29) is 11.6 Å². The van der Waals surface area contributed by atoms with Gasteiger partial charge in [0.2, 0.25) is 0 Å². The highest BCUT2D eigenvalue weighted by Gasteiger charge is 2.53. The molecule has 0 aromatic rings. The summed E-state index contributed by atoms with van der Waals surface area (Å²) >= 11 is 0. The molecule has 2 nitrogen and oxygen atoms in total. The van der Waals surface area contributed by atoms with Crippen molar-refractivity contribution in [1.29, 1.82) is 0 Å². The van der Waals surface area contributed by atoms with E-state index in [0.717, 1.165) is 25.7 Å². The van der Waals surface area contributed by atoms with E-state index in [1.165, 1.54) is 0 Å². The van der Waals surface area contributed by atoms with E-state index < -0.39 is 5.41 Å². The molecule has 2 unspecified atom stereocenters. The van der Waals surface area contributed by atoms with E-state index in [1.54, 1.807) is 0 Å². The zero-order chi connectivity index (χ0) is 9.47. The first-order valence-corrected chi connectivity index (χ1v) is 5.24. The molecule has 2 aliphatic carbocycles. The van der Waals surface area contributed by atoms with Crippen LogP contribution in [0.3, 0.4) is 0 Å². The van der Waals surface area contributed by atoms with Crippen molar-refractivity contribution in [3.63, 3.8) is 0 Å². The Morgan fingerprint density at radius 1 is 1.15 bits per heavy atom. The molecule has 0 aromatic heterocycles. The van der Waals surface area contributed by atoms with E-state index in [0.29, 0.717) is 18.8 Å². The van der Waals surface area contributed by atoms with Gasteiger partial charge in [-0.3, -0.25) is 9.59 Å². The van der Waals surface area contributed by atoms with Gasteiger partial charge in [0.1, 0.15) is 11.6 Å². The molecule has 1 spiro atoms. The molecule has 0 aliphatic heterocycles. The summed E-state index contributed by atoms with van der Waals surface area (Å²) in [7, 11) is 0. The molecular formula is C11H16O2. The molecule has 2 fully saturated rings. The number of carbonyl (C=O) groups is 2. The lowest BCUT2D eigenvalue weighted by atomic mass is 9.66. The molecule has 2 heteroatoms. The summed E-state index contributed by atoms with van der Waals surface area (Å²) in [5.74, 6) is 0.756. The fourth-order valence-electron chi connectivity index (χ4n) is 2.96. The Labute approximate surface area is 78.7 Å². The first-order valence-electron chi connectivity index (χ1n) is 5.24. The van der Waals surface area contributed by atoms with Crippen molar-refractivity contribution in [3.8, 4) is 0 Å². The third kappa shape index (κ3) is 1.07. The molecule has 0 amide bonds. The minimum absolute atomic E-state index is 0.227. The molecule has 0 bridgehead atoms. The van der Waals surface area contributed by atoms with E-state index in [2.05, 4.69) is 6.92 Å². The lowest BCUT2D eigenvalue weighted by Crippen LogP contribution is -2.42. The molecule has 0 heterocycles. The van der Waals surface area contributed by atoms with Gasteiger partial charge in [-0.1, -0.05) is 13.3 Å². The van der Waals surface area contributed by atoms with E-state index in [9.17, 15) is 9.59 Å². The second-order valence-corrected chi connectivity index (χ2v) is 4.46. The third-order valence-corrected chi connectivity index (χ3v) is 3.87. The van der Waals surface area contributed by atoms with Crippen molar-refractivity contribution in [1.82, 2.24) is 0 Å². The number of ketones is 2. The van der Waals surface area contributed by atoms with Gasteiger partial charge in [0, 0.05) is 12.8 Å². The van der Waals surface area contributed by atoms with Gasteiger partial charge in [0.05, 0.1) is 5.41 Å². The molecule has 0 N–H and O–H groups in total. The number of rotatable bonds is 0. The quantitative estimate of drug-likeness (QED) is 0.535. The van der Waals surface area contributed by atoms with Gasteiger partial charge in [-0.2, -0.15) is 0 Å². The fraction of sp³-hybridized carbons (Fsp3) is 0.818. The molecule has 0 aromatic carbocycles. The maximum atomic E-state index is 11.8. The first-order chi connectivity index (χ1) is 6.18. The maximum Gasteiger partial charge on any atom is 0.146 e. The highest BCUT2D eigenvalue weighted by Crippen LogP contribution is 2.48. The topological polar surface area (TPSA) is 34.1 Å². The largest absolute Gasteiger partial charge is 0.299 e. The molecule has 2 rings (SSSR count). The summed E-state index contributed by atoms with van der Waals surface area (Å²) in [6.45, 7) is 2.06. The van der Waals surface area contributed by atoms with E-state index in [4.69, 9.17) is 0 Å². The van der Waals surface area contributed by atoms with Gasteiger partial charge in [-0.15, -0.1) is 0 Å². The van der Waals surface area contributed by atoms with Crippen LogP contribution in [0, 0.1) is 11.3 Å². The van der Waals surface area contributed by atoms with Crippen molar-refractivity contribution in [2.75, 3.05) is 0 Å². The van der Waals surface area contributed by atoms with Crippen LogP contribution in [-0.4, -0.2) is 11.6 Å². The average Bonchev–Trinajstić information content (AvgIpc) is 2.39. The molecule has 2 atom stereocenters. The van der Waals surface area contributed by atoms with Gasteiger partial charge in [-0.25, -0.2) is 0 Å². The third-order valence-electron chi connectivity index (χ3n) is 3.87. The van der Waals surface area contributed by atoms with Crippen LogP contribution in [0.2, 0.25) is 0 Å². The maximum absolute atomic E-state index is 11.8. The number of Topliss-reactive ketones (excluding diaryl/α,β-unsaturated/α-hetero) is 2.